The molecule has 9 heteroatoms. The quantitative estimate of drug-likeness (QED) is 0.477. The number of fused-ring (bicyclic) bond motifs is 2. The van der Waals surface area contributed by atoms with Gasteiger partial charge in [-0.2, -0.15) is 5.10 Å². The van der Waals surface area contributed by atoms with Gasteiger partial charge >= 0.3 is 5.97 Å². The minimum atomic E-state index is -3.66. The first-order valence-electron chi connectivity index (χ1n) is 9.35. The van der Waals surface area contributed by atoms with E-state index in [0.717, 1.165) is 0 Å². The highest BCUT2D eigenvalue weighted by Gasteiger charge is 2.42. The predicted octanol–water partition coefficient (Wildman–Crippen LogP) is 5.04. The first-order valence-corrected chi connectivity index (χ1v) is 9.35. The smallest absolute Gasteiger partial charge is 0.309 e. The van der Waals surface area contributed by atoms with Gasteiger partial charge < -0.3 is 9.67 Å². The highest BCUT2D eigenvalue weighted by Crippen LogP contribution is 2.44. The molecule has 0 aliphatic carbocycles. The van der Waals surface area contributed by atoms with Gasteiger partial charge in [0, 0.05) is 16.8 Å². The van der Waals surface area contributed by atoms with E-state index in [9.17, 15) is 9.18 Å². The van der Waals surface area contributed by atoms with Crippen LogP contribution >= 0.6 is 0 Å². The molecule has 1 aromatic carbocycles. The van der Waals surface area contributed by atoms with Crippen molar-refractivity contribution in [2.45, 2.75) is 39.0 Å². The molecule has 3 heterocycles. The van der Waals surface area contributed by atoms with E-state index in [1.165, 1.54) is 18.3 Å². The molecule has 4 aromatic rings. The molecular formula is C21H19F3N4O2. The van der Waals surface area contributed by atoms with Gasteiger partial charge in [0.15, 0.2) is 5.65 Å². The lowest BCUT2D eigenvalue weighted by molar-refractivity contribution is -0.145. The average molecular weight is 416 g/mol. The molecule has 0 spiro atoms. The number of aliphatic carboxylic acids is 1. The molecule has 156 valence electrons. The molecule has 0 amide bonds. The zero-order valence-electron chi connectivity index (χ0n) is 16.5. The maximum Gasteiger partial charge on any atom is 0.309 e. The molecule has 4 rings (SSSR count). The minimum Gasteiger partial charge on any atom is -0.481 e. The van der Waals surface area contributed by atoms with Gasteiger partial charge in [0.05, 0.1) is 17.3 Å². The summed E-state index contributed by atoms with van der Waals surface area (Å²) >= 11 is 0. The number of benzene rings is 1. The molecule has 0 unspecified atom stereocenters. The number of carboxylic acid groups (broad SMARTS) is 1. The summed E-state index contributed by atoms with van der Waals surface area (Å²) in [5.41, 5.74) is 1.33. The average Bonchev–Trinajstić information content (AvgIpc) is 3.22. The fourth-order valence-electron chi connectivity index (χ4n) is 3.82. The molecule has 6 nitrogen and oxygen atoms in total. The number of rotatable bonds is 5. The fraction of sp³-hybridized carbons (Fsp3) is 0.286. The normalized spacial score (nSPS) is 12.4. The predicted molar refractivity (Wildman–Crippen MR) is 106 cm³/mol. The number of aromatic nitrogens is 4. The van der Waals surface area contributed by atoms with E-state index < -0.39 is 35.6 Å². The van der Waals surface area contributed by atoms with Crippen LogP contribution < -0.4 is 0 Å². The Morgan fingerprint density at radius 1 is 1.30 bits per heavy atom. The molecular weight excluding hydrogens is 397 g/mol. The van der Waals surface area contributed by atoms with Crippen LogP contribution in [0.1, 0.15) is 43.0 Å². The van der Waals surface area contributed by atoms with Crippen molar-refractivity contribution in [3.63, 3.8) is 0 Å². The Labute approximate surface area is 169 Å². The van der Waals surface area contributed by atoms with Crippen LogP contribution in [0.3, 0.4) is 0 Å². The molecule has 3 aromatic heterocycles. The van der Waals surface area contributed by atoms with Crippen molar-refractivity contribution >= 4 is 28.0 Å². The van der Waals surface area contributed by atoms with Crippen molar-refractivity contribution in [1.29, 1.82) is 0 Å². The van der Waals surface area contributed by atoms with Crippen LogP contribution in [-0.4, -0.2) is 30.8 Å². The molecule has 0 aliphatic rings. The maximum atomic E-state index is 15.2. The number of halogens is 3. The highest BCUT2D eigenvalue weighted by molar-refractivity contribution is 5.94. The number of carbonyl (C=O) groups is 1. The van der Waals surface area contributed by atoms with Gasteiger partial charge in [-0.05, 0) is 42.7 Å². The van der Waals surface area contributed by atoms with Gasteiger partial charge in [-0.1, -0.05) is 13.8 Å². The van der Waals surface area contributed by atoms with Crippen LogP contribution in [0.15, 0.2) is 30.5 Å². The zero-order valence-corrected chi connectivity index (χ0v) is 16.5. The van der Waals surface area contributed by atoms with Crippen LogP contribution in [0.25, 0.3) is 27.8 Å². The van der Waals surface area contributed by atoms with Crippen molar-refractivity contribution in [2.24, 2.45) is 0 Å². The minimum absolute atomic E-state index is 0.0105. The van der Waals surface area contributed by atoms with Gasteiger partial charge in [0.1, 0.15) is 17.8 Å². The topological polar surface area (TPSA) is 83.8 Å². The van der Waals surface area contributed by atoms with Gasteiger partial charge in [0.25, 0.3) is 5.92 Å². The zero-order chi connectivity index (χ0) is 21.8. The van der Waals surface area contributed by atoms with Crippen LogP contribution in [-0.2, 0) is 10.7 Å². The van der Waals surface area contributed by atoms with E-state index in [0.29, 0.717) is 27.8 Å². The molecule has 0 saturated heterocycles. The lowest BCUT2D eigenvalue weighted by atomic mass is 9.98. The van der Waals surface area contributed by atoms with Crippen LogP contribution in [0.4, 0.5) is 13.2 Å². The number of H-pyrrole nitrogens is 1. The van der Waals surface area contributed by atoms with Crippen molar-refractivity contribution in [3.8, 4) is 5.69 Å². The molecule has 0 aliphatic heterocycles. The third kappa shape index (κ3) is 3.10. The lowest BCUT2D eigenvalue weighted by Gasteiger charge is -2.20. The standard InChI is InChI=1S/C21H19F3N4O2/c1-10(2)19-17(21(23,24)8-16(29)30)18-15(7-12-9-25-27-20(12)26-18)28(19)13-4-5-14(22)11(3)6-13/h4-7,9-10H,8H2,1-3H3,(H,29,30)(H,25,26,27). The van der Waals surface area contributed by atoms with Gasteiger partial charge in [0.2, 0.25) is 0 Å². The van der Waals surface area contributed by atoms with Gasteiger partial charge in [-0.3, -0.25) is 9.89 Å². The van der Waals surface area contributed by atoms with Crippen LogP contribution in [0.2, 0.25) is 0 Å². The number of aryl methyl sites for hydroxylation is 1. The maximum absolute atomic E-state index is 15.2. The van der Waals surface area contributed by atoms with E-state index >= 15 is 8.78 Å². The van der Waals surface area contributed by atoms with E-state index in [2.05, 4.69) is 15.2 Å². The molecule has 0 bridgehead atoms. The summed E-state index contributed by atoms with van der Waals surface area (Å²) in [5.74, 6) is -6.08. The number of hydrogen-bond acceptors (Lipinski definition) is 3. The Morgan fingerprint density at radius 3 is 2.67 bits per heavy atom. The third-order valence-corrected chi connectivity index (χ3v) is 5.07. The van der Waals surface area contributed by atoms with E-state index in [-0.39, 0.29) is 11.2 Å². The van der Waals surface area contributed by atoms with Crippen LogP contribution in [0, 0.1) is 12.7 Å². The van der Waals surface area contributed by atoms with E-state index in [1.54, 1.807) is 37.5 Å². The number of hydrogen-bond donors (Lipinski definition) is 2. The molecule has 0 fully saturated rings. The molecule has 0 radical (unpaired) electrons. The Bertz CT molecular complexity index is 1290. The van der Waals surface area contributed by atoms with Crippen molar-refractivity contribution in [1.82, 2.24) is 19.7 Å². The monoisotopic (exact) mass is 416 g/mol. The fourth-order valence-corrected chi connectivity index (χ4v) is 3.82. The number of carboxylic acids is 1. The Hall–Kier alpha value is -3.36. The van der Waals surface area contributed by atoms with E-state index in [4.69, 9.17) is 5.11 Å². The van der Waals surface area contributed by atoms with Crippen molar-refractivity contribution < 1.29 is 23.1 Å². The summed E-state index contributed by atoms with van der Waals surface area (Å²) in [6.07, 6.45) is 0.163. The second kappa shape index (κ2) is 6.86. The number of nitrogens with one attached hydrogen (secondary N) is 1. The second-order valence-electron chi connectivity index (χ2n) is 7.62. The van der Waals surface area contributed by atoms with Gasteiger partial charge in [-0.25, -0.2) is 18.2 Å². The third-order valence-electron chi connectivity index (χ3n) is 5.07. The molecule has 30 heavy (non-hydrogen) atoms. The first kappa shape index (κ1) is 19.9. The van der Waals surface area contributed by atoms with Crippen molar-refractivity contribution in [3.05, 3.63) is 53.1 Å². The Balaban J connectivity index is 2.17. The summed E-state index contributed by atoms with van der Waals surface area (Å²) in [4.78, 5) is 15.5. The highest BCUT2D eigenvalue weighted by atomic mass is 19.3. The lowest BCUT2D eigenvalue weighted by Crippen LogP contribution is -2.21. The number of pyridine rings is 1. The number of nitrogens with zero attached hydrogens (tertiary/aromatic N) is 3. The number of aromatic amines is 1. The second-order valence-corrected chi connectivity index (χ2v) is 7.62. The summed E-state index contributed by atoms with van der Waals surface area (Å²) in [6.45, 7) is 5.08. The Kier molecular flexibility index (Phi) is 4.56. The van der Waals surface area contributed by atoms with Gasteiger partial charge in [-0.15, -0.1) is 0 Å². The molecule has 2 N–H and O–H groups in total. The molecule has 0 atom stereocenters. The van der Waals surface area contributed by atoms with Crippen LogP contribution in [0.5, 0.6) is 0 Å². The summed E-state index contributed by atoms with van der Waals surface area (Å²) in [6, 6.07) is 6.03. The summed E-state index contributed by atoms with van der Waals surface area (Å²) in [5, 5.41) is 16.3. The molecule has 0 saturated carbocycles. The summed E-state index contributed by atoms with van der Waals surface area (Å²) < 4.78 is 46.0. The largest absolute Gasteiger partial charge is 0.481 e. The Morgan fingerprint density at radius 2 is 2.03 bits per heavy atom. The SMILES string of the molecule is Cc1cc(-n2c(C(C)C)c(C(F)(F)CC(=O)O)c3nc4[nH]ncc4cc32)ccc1F. The van der Waals surface area contributed by atoms with E-state index in [1.807, 2.05) is 0 Å². The summed E-state index contributed by atoms with van der Waals surface area (Å²) in [7, 11) is 0. The van der Waals surface area contributed by atoms with Crippen molar-refractivity contribution in [2.75, 3.05) is 0 Å². The first-order chi connectivity index (χ1) is 14.1. The number of alkyl halides is 2.